The van der Waals surface area contributed by atoms with Crippen molar-refractivity contribution in [1.82, 2.24) is 0 Å². The number of nitrogens with zero attached hydrogens (tertiary/aromatic N) is 1. The van der Waals surface area contributed by atoms with Gasteiger partial charge in [-0.3, -0.25) is 14.3 Å². The van der Waals surface area contributed by atoms with E-state index in [1.54, 1.807) is 12.1 Å². The minimum Gasteiger partial charge on any atom is -0.264 e. The van der Waals surface area contributed by atoms with Gasteiger partial charge in [-0.1, -0.05) is 17.7 Å². The molecule has 0 amide bonds. The second-order valence-corrected chi connectivity index (χ2v) is 7.56. The van der Waals surface area contributed by atoms with Crippen molar-refractivity contribution in [2.45, 2.75) is 43.2 Å². The van der Waals surface area contributed by atoms with Crippen LogP contribution < -0.4 is 0 Å². The van der Waals surface area contributed by atoms with Crippen LogP contribution in [0.25, 0.3) is 0 Å². The van der Waals surface area contributed by atoms with E-state index in [4.69, 9.17) is 4.18 Å². The quantitative estimate of drug-likeness (QED) is 0.483. The van der Waals surface area contributed by atoms with Crippen molar-refractivity contribution in [3.63, 3.8) is 0 Å². The van der Waals surface area contributed by atoms with Crippen LogP contribution in [-0.4, -0.2) is 25.5 Å². The van der Waals surface area contributed by atoms with Gasteiger partial charge in [0, 0.05) is 11.3 Å². The summed E-state index contributed by atoms with van der Waals surface area (Å²) in [6.45, 7) is 1.87. The molecule has 2 bridgehead atoms. The molecule has 2 saturated carbocycles. The predicted octanol–water partition coefficient (Wildman–Crippen LogP) is 2.14. The summed E-state index contributed by atoms with van der Waals surface area (Å²) >= 11 is 0. The van der Waals surface area contributed by atoms with Crippen LogP contribution in [0.5, 0.6) is 0 Å². The highest BCUT2D eigenvalue weighted by atomic mass is 32.2. The molecule has 0 aromatic heterocycles. The van der Waals surface area contributed by atoms with Crippen molar-refractivity contribution in [3.8, 4) is 0 Å². The Labute approximate surface area is 123 Å². The maximum atomic E-state index is 12.3. The van der Waals surface area contributed by atoms with E-state index < -0.39 is 22.3 Å². The number of benzene rings is 1. The van der Waals surface area contributed by atoms with Crippen LogP contribution in [0, 0.1) is 28.9 Å². The first-order valence-electron chi connectivity index (χ1n) is 7.00. The average Bonchev–Trinajstić information content (AvgIpc) is 2.98. The number of rotatable bonds is 4. The fraction of sp³-hybridized carbons (Fsp3) is 0.571. The molecular weight excluding hydrogens is 294 g/mol. The van der Waals surface area contributed by atoms with Gasteiger partial charge in [0.1, 0.15) is 0 Å². The molecule has 1 aromatic rings. The van der Waals surface area contributed by atoms with Crippen molar-refractivity contribution < 1.29 is 17.5 Å². The zero-order valence-corrected chi connectivity index (χ0v) is 12.5. The van der Waals surface area contributed by atoms with Gasteiger partial charge in [-0.05, 0) is 37.8 Å². The topological polar surface area (TPSA) is 86.5 Å². The fourth-order valence-corrected chi connectivity index (χ4v) is 4.65. The Morgan fingerprint density at radius 1 is 1.19 bits per heavy atom. The summed E-state index contributed by atoms with van der Waals surface area (Å²) in [5.41, 5.74) is 0.960. The second-order valence-electron chi connectivity index (χ2n) is 5.99. The summed E-state index contributed by atoms with van der Waals surface area (Å²) in [6.07, 6.45) is 1.27. The van der Waals surface area contributed by atoms with Gasteiger partial charge in [-0.15, -0.1) is 0 Å². The molecule has 2 aliphatic carbocycles. The molecule has 114 valence electrons. The Morgan fingerprint density at radius 3 is 2.43 bits per heavy atom. The zero-order valence-electron chi connectivity index (χ0n) is 11.6. The summed E-state index contributed by atoms with van der Waals surface area (Å²) < 4.78 is 29.8. The van der Waals surface area contributed by atoms with Gasteiger partial charge >= 0.3 is 0 Å². The Kier molecular flexibility index (Phi) is 3.49. The van der Waals surface area contributed by atoms with Crippen LogP contribution in [0.4, 0.5) is 0 Å². The third kappa shape index (κ3) is 2.67. The number of hydrogen-bond donors (Lipinski definition) is 0. The zero-order chi connectivity index (χ0) is 15.2. The first-order valence-corrected chi connectivity index (χ1v) is 8.41. The minimum absolute atomic E-state index is 0.105. The first kappa shape index (κ1) is 14.5. The SMILES string of the molecule is Cc1ccc(S(=O)(=O)O[C@H]2C[C@H]3C[C@@H]2[C@@H]([N+](=O)[O-])C3)cc1. The van der Waals surface area contributed by atoms with Crippen LogP contribution in [0.3, 0.4) is 0 Å². The van der Waals surface area contributed by atoms with Gasteiger partial charge in [0.25, 0.3) is 10.1 Å². The van der Waals surface area contributed by atoms with Gasteiger partial charge in [-0.25, -0.2) is 0 Å². The minimum atomic E-state index is -3.85. The van der Waals surface area contributed by atoms with E-state index >= 15 is 0 Å². The Morgan fingerprint density at radius 2 is 1.86 bits per heavy atom. The first-order chi connectivity index (χ1) is 9.87. The smallest absolute Gasteiger partial charge is 0.264 e. The normalized spacial score (nSPS) is 31.5. The molecule has 3 rings (SSSR count). The van der Waals surface area contributed by atoms with E-state index in [1.165, 1.54) is 12.1 Å². The fourth-order valence-electron chi connectivity index (χ4n) is 3.53. The summed E-state index contributed by atoms with van der Waals surface area (Å²) in [4.78, 5) is 10.8. The highest BCUT2D eigenvalue weighted by Gasteiger charge is 2.54. The molecule has 1 aromatic carbocycles. The summed E-state index contributed by atoms with van der Waals surface area (Å²) in [5, 5.41) is 11.0. The van der Waals surface area contributed by atoms with Crippen molar-refractivity contribution in [2.75, 3.05) is 0 Å². The van der Waals surface area contributed by atoms with Crippen LogP contribution in [0.2, 0.25) is 0 Å². The summed E-state index contributed by atoms with van der Waals surface area (Å²) in [7, 11) is -3.85. The molecule has 0 radical (unpaired) electrons. The molecule has 2 aliphatic rings. The molecular formula is C14H17NO5S. The van der Waals surface area contributed by atoms with Gasteiger partial charge in [-0.2, -0.15) is 8.42 Å². The maximum Gasteiger partial charge on any atom is 0.297 e. The van der Waals surface area contributed by atoms with Crippen LogP contribution in [-0.2, 0) is 14.3 Å². The highest BCUT2D eigenvalue weighted by Crippen LogP contribution is 2.47. The molecule has 0 N–H and O–H groups in total. The third-order valence-electron chi connectivity index (χ3n) is 4.55. The predicted molar refractivity (Wildman–Crippen MR) is 74.9 cm³/mol. The molecule has 0 saturated heterocycles. The molecule has 0 spiro atoms. The Balaban J connectivity index is 1.77. The highest BCUT2D eigenvalue weighted by molar-refractivity contribution is 7.86. The Bertz CT molecular complexity index is 654. The van der Waals surface area contributed by atoms with E-state index in [0.717, 1.165) is 5.56 Å². The van der Waals surface area contributed by atoms with Gasteiger partial charge < -0.3 is 0 Å². The third-order valence-corrected chi connectivity index (χ3v) is 5.90. The molecule has 0 aliphatic heterocycles. The van der Waals surface area contributed by atoms with Gasteiger partial charge in [0.2, 0.25) is 6.04 Å². The second kappa shape index (κ2) is 5.06. The van der Waals surface area contributed by atoms with E-state index in [2.05, 4.69) is 0 Å². The summed E-state index contributed by atoms with van der Waals surface area (Å²) in [5.74, 6) is -0.0751. The van der Waals surface area contributed by atoms with Crippen molar-refractivity contribution in [3.05, 3.63) is 39.9 Å². The van der Waals surface area contributed by atoms with Gasteiger partial charge in [0.05, 0.1) is 16.9 Å². The molecule has 4 atom stereocenters. The number of aryl methyl sites for hydroxylation is 1. The van der Waals surface area contributed by atoms with Crippen LogP contribution in [0.1, 0.15) is 24.8 Å². The van der Waals surface area contributed by atoms with E-state index in [1.807, 2.05) is 6.92 Å². The lowest BCUT2D eigenvalue weighted by Gasteiger charge is -2.24. The molecule has 0 heterocycles. The molecule has 21 heavy (non-hydrogen) atoms. The van der Waals surface area contributed by atoms with E-state index in [-0.39, 0.29) is 21.7 Å². The molecule has 6 nitrogen and oxygen atoms in total. The maximum absolute atomic E-state index is 12.3. The van der Waals surface area contributed by atoms with Crippen molar-refractivity contribution in [2.24, 2.45) is 11.8 Å². The lowest BCUT2D eigenvalue weighted by atomic mass is 9.93. The largest absolute Gasteiger partial charge is 0.297 e. The molecule has 0 unspecified atom stereocenters. The van der Waals surface area contributed by atoms with Crippen LogP contribution >= 0.6 is 0 Å². The van der Waals surface area contributed by atoms with E-state index in [0.29, 0.717) is 19.3 Å². The monoisotopic (exact) mass is 311 g/mol. The van der Waals surface area contributed by atoms with Gasteiger partial charge in [0.15, 0.2) is 0 Å². The van der Waals surface area contributed by atoms with Crippen LogP contribution in [0.15, 0.2) is 29.2 Å². The standard InChI is InChI=1S/C14H17NO5S/c1-9-2-4-11(5-3-9)21(18,19)20-14-8-10-6-12(14)13(7-10)15(16)17/h2-5,10,12-14H,6-8H2,1H3/t10-,12+,13-,14-/m0/s1. The van der Waals surface area contributed by atoms with E-state index in [9.17, 15) is 18.5 Å². The number of hydrogen-bond acceptors (Lipinski definition) is 5. The lowest BCUT2D eigenvalue weighted by Crippen LogP contribution is -2.37. The number of fused-ring (bicyclic) bond motifs is 2. The van der Waals surface area contributed by atoms with Crippen molar-refractivity contribution >= 4 is 10.1 Å². The number of nitro groups is 1. The molecule has 7 heteroatoms. The average molecular weight is 311 g/mol. The Hall–Kier alpha value is -1.47. The molecule has 2 fully saturated rings. The summed E-state index contributed by atoms with van der Waals surface area (Å²) in [6, 6.07) is 5.75. The van der Waals surface area contributed by atoms with Crippen molar-refractivity contribution in [1.29, 1.82) is 0 Å². The lowest BCUT2D eigenvalue weighted by molar-refractivity contribution is -0.532.